The van der Waals surface area contributed by atoms with Crippen molar-refractivity contribution in [3.8, 4) is 0 Å². The van der Waals surface area contributed by atoms with Gasteiger partial charge < -0.3 is 24.5 Å². The average molecular weight is 340 g/mol. The minimum absolute atomic E-state index is 0.671. The zero-order valence-electron chi connectivity index (χ0n) is 16.7. The molecular weight excluding hydrogens is 298 g/mol. The first-order chi connectivity index (χ1) is 11.5. The van der Waals surface area contributed by atoms with E-state index in [1.165, 1.54) is 91.4 Å². The molecule has 0 aromatic rings. The monoisotopic (exact) mass is 339 g/mol. The number of hydrogen-bond acceptors (Lipinski definition) is 5. The van der Waals surface area contributed by atoms with Crippen molar-refractivity contribution >= 4 is 0 Å². The van der Waals surface area contributed by atoms with Gasteiger partial charge in [-0.15, -0.1) is 0 Å². The Kier molecular flexibility index (Phi) is 8.98. The van der Waals surface area contributed by atoms with E-state index in [-0.39, 0.29) is 0 Å². The number of nitrogens with zero attached hydrogens (tertiary/aromatic N) is 5. The molecule has 0 radical (unpaired) electrons. The van der Waals surface area contributed by atoms with Crippen molar-refractivity contribution in [2.75, 3.05) is 92.6 Å². The normalized spacial score (nSPS) is 22.8. The number of piperazine rings is 2. The molecule has 2 fully saturated rings. The zero-order chi connectivity index (χ0) is 17.4. The van der Waals surface area contributed by atoms with E-state index in [4.69, 9.17) is 0 Å². The molecule has 5 nitrogen and oxygen atoms in total. The predicted octanol–water partition coefficient (Wildman–Crippen LogP) is 0.972. The number of hydrogen-bond donors (Lipinski definition) is 0. The molecule has 24 heavy (non-hydrogen) atoms. The lowest BCUT2D eigenvalue weighted by molar-refractivity contribution is 0.131. The standard InChI is InChI=1S/C19H41N5/c1-19(2)24(9-5-7-22-15-11-20(3)12-16-22)10-6-8-23-17-13-21(4)14-18-23/h19H,5-18H2,1-4H3. The van der Waals surface area contributed by atoms with E-state index in [0.717, 1.165) is 0 Å². The van der Waals surface area contributed by atoms with E-state index in [1.807, 2.05) is 0 Å². The Morgan fingerprint density at radius 2 is 1.04 bits per heavy atom. The second kappa shape index (κ2) is 10.7. The van der Waals surface area contributed by atoms with Gasteiger partial charge in [-0.05, 0) is 67.0 Å². The van der Waals surface area contributed by atoms with Crippen LogP contribution >= 0.6 is 0 Å². The van der Waals surface area contributed by atoms with E-state index in [9.17, 15) is 0 Å². The molecule has 5 heteroatoms. The molecule has 0 aromatic carbocycles. The molecule has 2 heterocycles. The van der Waals surface area contributed by atoms with Crippen molar-refractivity contribution in [3.63, 3.8) is 0 Å². The van der Waals surface area contributed by atoms with Crippen LogP contribution in [0.1, 0.15) is 26.7 Å². The van der Waals surface area contributed by atoms with E-state index in [2.05, 4.69) is 52.4 Å². The zero-order valence-corrected chi connectivity index (χ0v) is 16.7. The van der Waals surface area contributed by atoms with E-state index >= 15 is 0 Å². The number of likely N-dealkylation sites (N-methyl/N-ethyl adjacent to an activating group) is 2. The smallest absolute Gasteiger partial charge is 0.0110 e. The van der Waals surface area contributed by atoms with Gasteiger partial charge in [0.05, 0.1) is 0 Å². The molecule has 0 aliphatic carbocycles. The van der Waals surface area contributed by atoms with E-state index in [0.29, 0.717) is 6.04 Å². The van der Waals surface area contributed by atoms with Gasteiger partial charge in [0.2, 0.25) is 0 Å². The summed E-state index contributed by atoms with van der Waals surface area (Å²) in [6.45, 7) is 19.7. The highest BCUT2D eigenvalue weighted by atomic mass is 15.3. The minimum atomic E-state index is 0.671. The van der Waals surface area contributed by atoms with Crippen LogP contribution in [0.3, 0.4) is 0 Å². The Labute approximate surface area is 150 Å². The second-order valence-corrected chi connectivity index (χ2v) is 8.13. The van der Waals surface area contributed by atoms with Gasteiger partial charge >= 0.3 is 0 Å². The fourth-order valence-electron chi connectivity index (χ4n) is 3.77. The van der Waals surface area contributed by atoms with Crippen LogP contribution in [0.4, 0.5) is 0 Å². The SMILES string of the molecule is CC(C)N(CCCN1CCN(C)CC1)CCCN1CCN(C)CC1. The van der Waals surface area contributed by atoms with E-state index in [1.54, 1.807) is 0 Å². The highest BCUT2D eigenvalue weighted by molar-refractivity contribution is 4.72. The lowest BCUT2D eigenvalue weighted by Gasteiger charge is -2.34. The van der Waals surface area contributed by atoms with Crippen LogP contribution in [-0.4, -0.2) is 123 Å². The maximum absolute atomic E-state index is 2.69. The maximum atomic E-state index is 2.69. The highest BCUT2D eigenvalue weighted by Crippen LogP contribution is 2.06. The molecule has 0 atom stereocenters. The van der Waals surface area contributed by atoms with Crippen molar-refractivity contribution in [1.82, 2.24) is 24.5 Å². The number of rotatable bonds is 9. The second-order valence-electron chi connectivity index (χ2n) is 8.13. The predicted molar refractivity (Wildman–Crippen MR) is 104 cm³/mol. The van der Waals surface area contributed by atoms with Crippen LogP contribution in [0, 0.1) is 0 Å². The Hall–Kier alpha value is -0.200. The fourth-order valence-corrected chi connectivity index (χ4v) is 3.77. The molecule has 0 N–H and O–H groups in total. The Bertz CT molecular complexity index is 292. The summed E-state index contributed by atoms with van der Waals surface area (Å²) in [6, 6.07) is 0.671. The van der Waals surface area contributed by atoms with Crippen molar-refractivity contribution in [2.45, 2.75) is 32.7 Å². The third kappa shape index (κ3) is 7.36. The summed E-state index contributed by atoms with van der Waals surface area (Å²) in [5.41, 5.74) is 0. The first-order valence-electron chi connectivity index (χ1n) is 10.1. The van der Waals surface area contributed by atoms with Crippen LogP contribution < -0.4 is 0 Å². The van der Waals surface area contributed by atoms with Crippen LogP contribution in [0.15, 0.2) is 0 Å². The quantitative estimate of drug-likeness (QED) is 0.620. The molecule has 0 amide bonds. The Morgan fingerprint density at radius 3 is 1.38 bits per heavy atom. The lowest BCUT2D eigenvalue weighted by Crippen LogP contribution is -2.46. The molecule has 0 aromatic heterocycles. The van der Waals surface area contributed by atoms with Gasteiger partial charge in [0, 0.05) is 58.4 Å². The molecule has 0 bridgehead atoms. The molecule has 2 aliphatic heterocycles. The van der Waals surface area contributed by atoms with Gasteiger partial charge in [0.25, 0.3) is 0 Å². The summed E-state index contributed by atoms with van der Waals surface area (Å²) < 4.78 is 0. The minimum Gasteiger partial charge on any atom is -0.304 e. The third-order valence-corrected chi connectivity index (χ3v) is 5.76. The highest BCUT2D eigenvalue weighted by Gasteiger charge is 2.16. The summed E-state index contributed by atoms with van der Waals surface area (Å²) in [7, 11) is 4.47. The fraction of sp³-hybridized carbons (Fsp3) is 1.00. The third-order valence-electron chi connectivity index (χ3n) is 5.76. The molecule has 0 unspecified atom stereocenters. The van der Waals surface area contributed by atoms with Gasteiger partial charge in [0.1, 0.15) is 0 Å². The average Bonchev–Trinajstić information content (AvgIpc) is 2.56. The molecule has 142 valence electrons. The largest absolute Gasteiger partial charge is 0.304 e. The molecule has 0 saturated carbocycles. The topological polar surface area (TPSA) is 16.2 Å². The summed E-state index contributed by atoms with van der Waals surface area (Å²) in [6.07, 6.45) is 2.63. The lowest BCUT2D eigenvalue weighted by atomic mass is 10.2. The van der Waals surface area contributed by atoms with Crippen molar-refractivity contribution in [3.05, 3.63) is 0 Å². The van der Waals surface area contributed by atoms with Gasteiger partial charge in [-0.25, -0.2) is 0 Å². The van der Waals surface area contributed by atoms with Gasteiger partial charge in [-0.3, -0.25) is 0 Å². The summed E-state index contributed by atoms with van der Waals surface area (Å²) in [4.78, 5) is 12.8. The first-order valence-corrected chi connectivity index (χ1v) is 10.1. The molecule has 2 rings (SSSR count). The van der Waals surface area contributed by atoms with Crippen molar-refractivity contribution in [1.29, 1.82) is 0 Å². The Balaban J connectivity index is 1.57. The molecule has 2 saturated heterocycles. The van der Waals surface area contributed by atoms with Crippen LogP contribution in [0.2, 0.25) is 0 Å². The van der Waals surface area contributed by atoms with E-state index < -0.39 is 0 Å². The Morgan fingerprint density at radius 1 is 0.667 bits per heavy atom. The van der Waals surface area contributed by atoms with Crippen LogP contribution in [0.5, 0.6) is 0 Å². The summed E-state index contributed by atoms with van der Waals surface area (Å²) >= 11 is 0. The molecule has 2 aliphatic rings. The summed E-state index contributed by atoms with van der Waals surface area (Å²) in [5.74, 6) is 0. The van der Waals surface area contributed by atoms with Gasteiger partial charge in [0.15, 0.2) is 0 Å². The van der Waals surface area contributed by atoms with Crippen molar-refractivity contribution < 1.29 is 0 Å². The first kappa shape index (κ1) is 20.1. The molecule has 0 spiro atoms. The van der Waals surface area contributed by atoms with Gasteiger partial charge in [-0.1, -0.05) is 0 Å². The molecular formula is C19H41N5. The maximum Gasteiger partial charge on any atom is 0.0110 e. The van der Waals surface area contributed by atoms with Crippen LogP contribution in [-0.2, 0) is 0 Å². The van der Waals surface area contributed by atoms with Gasteiger partial charge in [-0.2, -0.15) is 0 Å². The van der Waals surface area contributed by atoms with Crippen molar-refractivity contribution in [2.24, 2.45) is 0 Å². The summed E-state index contributed by atoms with van der Waals surface area (Å²) in [5, 5.41) is 0. The van der Waals surface area contributed by atoms with Crippen LogP contribution in [0.25, 0.3) is 0 Å².